The van der Waals surface area contributed by atoms with Gasteiger partial charge in [-0.1, -0.05) is 36.4 Å². The molecule has 66 valence electrons. The summed E-state index contributed by atoms with van der Waals surface area (Å²) >= 11 is 0. The molecule has 0 aliphatic heterocycles. The van der Waals surface area contributed by atoms with Gasteiger partial charge >= 0.3 is 0 Å². The summed E-state index contributed by atoms with van der Waals surface area (Å²) in [6, 6.07) is 9.82. The second kappa shape index (κ2) is 5.04. The average molecular weight is 172 g/mol. The van der Waals surface area contributed by atoms with Crippen LogP contribution < -0.4 is 0 Å². The molecule has 0 bridgehead atoms. The summed E-state index contributed by atoms with van der Waals surface area (Å²) in [6.07, 6.45) is 4.86. The second-order valence-corrected chi connectivity index (χ2v) is 2.51. The lowest BCUT2D eigenvalue weighted by Gasteiger charge is -1.98. The first-order valence-corrected chi connectivity index (χ1v) is 4.13. The number of allylic oxidation sites excluding steroid dienone is 2. The molecule has 1 aromatic rings. The maximum Gasteiger partial charge on any atom is 0.107 e. The van der Waals surface area contributed by atoms with Crippen LogP contribution in [0, 0.1) is 5.41 Å². The molecular formula is C11H12N2. The molecule has 0 fully saturated rings. The topological polar surface area (TPSA) is 36.2 Å². The summed E-state index contributed by atoms with van der Waals surface area (Å²) < 4.78 is 0. The maximum absolute atomic E-state index is 6.91. The zero-order chi connectivity index (χ0) is 9.52. The van der Waals surface area contributed by atoms with E-state index in [0.717, 1.165) is 17.6 Å². The molecular weight excluding hydrogens is 160 g/mol. The van der Waals surface area contributed by atoms with Crippen molar-refractivity contribution >= 4 is 12.1 Å². The number of nitrogens with zero attached hydrogens (tertiary/aromatic N) is 1. The van der Waals surface area contributed by atoms with Gasteiger partial charge in [0.15, 0.2) is 0 Å². The van der Waals surface area contributed by atoms with Crippen LogP contribution in [0.1, 0.15) is 12.5 Å². The van der Waals surface area contributed by atoms with E-state index >= 15 is 0 Å². The SMILES string of the molecule is C/C=C\C(=N/C=N)c1ccccc1. The number of hydrogen-bond acceptors (Lipinski definition) is 1. The summed E-state index contributed by atoms with van der Waals surface area (Å²) in [4.78, 5) is 3.96. The predicted octanol–water partition coefficient (Wildman–Crippen LogP) is 2.66. The third-order valence-corrected chi connectivity index (χ3v) is 1.60. The third kappa shape index (κ3) is 2.67. The number of hydrogen-bond donors (Lipinski definition) is 1. The summed E-state index contributed by atoms with van der Waals surface area (Å²) in [6.45, 7) is 1.93. The second-order valence-electron chi connectivity index (χ2n) is 2.51. The van der Waals surface area contributed by atoms with Gasteiger partial charge in [0, 0.05) is 5.56 Å². The van der Waals surface area contributed by atoms with Crippen LogP contribution in [0.5, 0.6) is 0 Å². The smallest absolute Gasteiger partial charge is 0.107 e. The predicted molar refractivity (Wildman–Crippen MR) is 56.6 cm³/mol. The largest absolute Gasteiger partial charge is 0.290 e. The summed E-state index contributed by atoms with van der Waals surface area (Å²) in [5.41, 5.74) is 1.85. The Morgan fingerprint density at radius 3 is 2.54 bits per heavy atom. The normalized spacial score (nSPS) is 11.9. The average Bonchev–Trinajstić information content (AvgIpc) is 2.19. The van der Waals surface area contributed by atoms with Gasteiger partial charge in [-0.15, -0.1) is 0 Å². The van der Waals surface area contributed by atoms with Crippen molar-refractivity contribution < 1.29 is 0 Å². The molecule has 0 amide bonds. The molecule has 0 heterocycles. The van der Waals surface area contributed by atoms with E-state index in [1.807, 2.05) is 49.4 Å². The molecule has 0 radical (unpaired) electrons. The fraction of sp³-hybridized carbons (Fsp3) is 0.0909. The van der Waals surface area contributed by atoms with Crippen molar-refractivity contribution in [3.63, 3.8) is 0 Å². The van der Waals surface area contributed by atoms with Gasteiger partial charge in [0.1, 0.15) is 6.34 Å². The standard InChI is InChI=1S/C11H12N2/c1-2-6-11(13-9-12)10-7-4-3-5-8-10/h2-9,12H,1H3/b6-2-,12-9?,13-11+. The maximum atomic E-state index is 6.91. The van der Waals surface area contributed by atoms with Crippen molar-refractivity contribution in [1.82, 2.24) is 0 Å². The molecule has 1 N–H and O–H groups in total. The van der Waals surface area contributed by atoms with E-state index in [-0.39, 0.29) is 0 Å². The molecule has 2 nitrogen and oxygen atoms in total. The number of rotatable bonds is 3. The van der Waals surface area contributed by atoms with Crippen molar-refractivity contribution in [2.45, 2.75) is 6.92 Å². The van der Waals surface area contributed by atoms with Gasteiger partial charge in [-0.2, -0.15) is 0 Å². The molecule has 1 rings (SSSR count). The number of aliphatic imine (C=N–C) groups is 1. The van der Waals surface area contributed by atoms with Crippen molar-refractivity contribution in [1.29, 1.82) is 5.41 Å². The van der Waals surface area contributed by atoms with Crippen molar-refractivity contribution in [3.8, 4) is 0 Å². The van der Waals surface area contributed by atoms with Crippen LogP contribution in [-0.4, -0.2) is 12.1 Å². The number of nitrogens with one attached hydrogen (secondary N) is 1. The minimum Gasteiger partial charge on any atom is -0.290 e. The zero-order valence-electron chi connectivity index (χ0n) is 7.57. The van der Waals surface area contributed by atoms with Crippen molar-refractivity contribution in [3.05, 3.63) is 48.0 Å². The highest BCUT2D eigenvalue weighted by Gasteiger charge is 1.95. The van der Waals surface area contributed by atoms with Crippen molar-refractivity contribution in [2.24, 2.45) is 4.99 Å². The van der Waals surface area contributed by atoms with Gasteiger partial charge in [-0.25, -0.2) is 4.99 Å². The minimum atomic E-state index is 0.818. The van der Waals surface area contributed by atoms with E-state index in [1.54, 1.807) is 0 Å². The molecule has 2 heteroatoms. The first-order chi connectivity index (χ1) is 6.38. The Labute approximate surface area is 78.1 Å². The lowest BCUT2D eigenvalue weighted by atomic mass is 10.1. The molecule has 0 aliphatic carbocycles. The van der Waals surface area contributed by atoms with E-state index < -0.39 is 0 Å². The first-order valence-electron chi connectivity index (χ1n) is 4.13. The number of benzene rings is 1. The van der Waals surface area contributed by atoms with Crippen LogP contribution in [0.15, 0.2) is 47.5 Å². The lowest BCUT2D eigenvalue weighted by molar-refractivity contribution is 1.50. The fourth-order valence-electron chi connectivity index (χ4n) is 1.05. The Balaban J connectivity index is 3.03. The van der Waals surface area contributed by atoms with Crippen LogP contribution in [0.2, 0.25) is 0 Å². The molecule has 0 unspecified atom stereocenters. The van der Waals surface area contributed by atoms with E-state index in [9.17, 15) is 0 Å². The monoisotopic (exact) mass is 172 g/mol. The lowest BCUT2D eigenvalue weighted by Crippen LogP contribution is -1.95. The first kappa shape index (κ1) is 9.39. The molecule has 0 saturated heterocycles. The van der Waals surface area contributed by atoms with Crippen LogP contribution >= 0.6 is 0 Å². The van der Waals surface area contributed by atoms with Gasteiger partial charge in [0.25, 0.3) is 0 Å². The van der Waals surface area contributed by atoms with Gasteiger partial charge in [0.2, 0.25) is 0 Å². The third-order valence-electron chi connectivity index (χ3n) is 1.60. The Kier molecular flexibility index (Phi) is 3.64. The van der Waals surface area contributed by atoms with E-state index in [2.05, 4.69) is 4.99 Å². The quantitative estimate of drug-likeness (QED) is 0.537. The molecule has 1 aromatic carbocycles. The Morgan fingerprint density at radius 1 is 1.31 bits per heavy atom. The summed E-state index contributed by atoms with van der Waals surface area (Å²) in [7, 11) is 0. The summed E-state index contributed by atoms with van der Waals surface area (Å²) in [5, 5.41) is 6.91. The Hall–Kier alpha value is -1.70. The van der Waals surface area contributed by atoms with E-state index in [1.165, 1.54) is 0 Å². The molecule has 0 aromatic heterocycles. The molecule has 13 heavy (non-hydrogen) atoms. The highest BCUT2D eigenvalue weighted by atomic mass is 14.8. The van der Waals surface area contributed by atoms with Gasteiger partial charge in [-0.3, -0.25) is 5.41 Å². The molecule has 0 spiro atoms. The zero-order valence-corrected chi connectivity index (χ0v) is 7.57. The van der Waals surface area contributed by atoms with Crippen LogP contribution in [0.25, 0.3) is 0 Å². The highest BCUT2D eigenvalue weighted by molar-refractivity contribution is 6.11. The molecule has 0 saturated carbocycles. The van der Waals surface area contributed by atoms with Gasteiger partial charge in [-0.05, 0) is 13.0 Å². The van der Waals surface area contributed by atoms with Gasteiger partial charge in [0.05, 0.1) is 5.71 Å². The van der Waals surface area contributed by atoms with Crippen molar-refractivity contribution in [2.75, 3.05) is 0 Å². The Morgan fingerprint density at radius 2 is 2.00 bits per heavy atom. The van der Waals surface area contributed by atoms with Crippen LogP contribution in [-0.2, 0) is 0 Å². The summed E-state index contributed by atoms with van der Waals surface area (Å²) in [5.74, 6) is 0. The molecule has 0 atom stereocenters. The van der Waals surface area contributed by atoms with E-state index in [0.29, 0.717) is 0 Å². The van der Waals surface area contributed by atoms with E-state index in [4.69, 9.17) is 5.41 Å². The highest BCUT2D eigenvalue weighted by Crippen LogP contribution is 2.01. The van der Waals surface area contributed by atoms with Crippen LogP contribution in [0.4, 0.5) is 0 Å². The fourth-order valence-corrected chi connectivity index (χ4v) is 1.05. The Bertz CT molecular complexity index is 323. The van der Waals surface area contributed by atoms with Crippen LogP contribution in [0.3, 0.4) is 0 Å². The minimum absolute atomic E-state index is 0.818. The van der Waals surface area contributed by atoms with Gasteiger partial charge < -0.3 is 0 Å². The molecule has 0 aliphatic rings.